The molecule has 0 radical (unpaired) electrons. The lowest BCUT2D eigenvalue weighted by molar-refractivity contribution is 0.414. The normalized spacial score (nSPS) is 11.9. The summed E-state index contributed by atoms with van der Waals surface area (Å²) in [5.41, 5.74) is 4.02. The van der Waals surface area contributed by atoms with E-state index in [2.05, 4.69) is 59.9 Å². The lowest BCUT2D eigenvalue weighted by Crippen LogP contribution is -2.14. The number of unbranched alkanes of at least 4 members (excludes halogenated alkanes) is 2. The summed E-state index contributed by atoms with van der Waals surface area (Å²) in [5, 5.41) is 4.34. The van der Waals surface area contributed by atoms with E-state index in [1.165, 1.54) is 36.0 Å². The summed E-state index contributed by atoms with van der Waals surface area (Å²) in [6.07, 6.45) is 4.79. The standard InChI is InChI=1S/C26H30ClNO/c1-29-25-17-11-21(12-18-25)20-28-19-7-3-6-10-26(22-8-4-2-5-9-22)23-13-15-24(27)16-14-23/h2,4-5,8-9,11-18,26,28H,3,6-7,10,19-20H2,1H3. The molecule has 0 aliphatic carbocycles. The minimum atomic E-state index is 0.431. The molecule has 0 aliphatic heterocycles. The number of nitrogens with one attached hydrogen (secondary N) is 1. The molecule has 29 heavy (non-hydrogen) atoms. The first kappa shape index (κ1) is 21.4. The number of hydrogen-bond acceptors (Lipinski definition) is 2. The van der Waals surface area contributed by atoms with Gasteiger partial charge in [0, 0.05) is 17.5 Å². The molecule has 0 bridgehead atoms. The van der Waals surface area contributed by atoms with Crippen LogP contribution < -0.4 is 10.1 Å². The molecule has 3 rings (SSSR count). The van der Waals surface area contributed by atoms with E-state index < -0.39 is 0 Å². The summed E-state index contributed by atoms with van der Waals surface area (Å²) in [6, 6.07) is 27.4. The highest BCUT2D eigenvalue weighted by atomic mass is 35.5. The maximum Gasteiger partial charge on any atom is 0.118 e. The zero-order chi connectivity index (χ0) is 20.3. The van der Waals surface area contributed by atoms with E-state index in [1.807, 2.05) is 24.3 Å². The summed E-state index contributed by atoms with van der Waals surface area (Å²) >= 11 is 6.08. The summed E-state index contributed by atoms with van der Waals surface area (Å²) in [4.78, 5) is 0. The Labute approximate surface area is 179 Å². The number of hydrogen-bond donors (Lipinski definition) is 1. The van der Waals surface area contributed by atoms with Crippen LogP contribution in [0.25, 0.3) is 0 Å². The van der Waals surface area contributed by atoms with Crippen LogP contribution >= 0.6 is 11.6 Å². The number of benzene rings is 3. The lowest BCUT2D eigenvalue weighted by Gasteiger charge is -2.18. The van der Waals surface area contributed by atoms with Gasteiger partial charge in [-0.1, -0.05) is 79.0 Å². The predicted molar refractivity (Wildman–Crippen MR) is 123 cm³/mol. The third-order valence-corrected chi connectivity index (χ3v) is 5.56. The highest BCUT2D eigenvalue weighted by molar-refractivity contribution is 6.30. The van der Waals surface area contributed by atoms with Crippen molar-refractivity contribution in [2.24, 2.45) is 0 Å². The van der Waals surface area contributed by atoms with Crippen molar-refractivity contribution >= 4 is 11.6 Å². The molecule has 0 saturated heterocycles. The molecular formula is C26H30ClNO. The highest BCUT2D eigenvalue weighted by Crippen LogP contribution is 2.30. The van der Waals surface area contributed by atoms with Crippen molar-refractivity contribution in [3.8, 4) is 5.75 Å². The van der Waals surface area contributed by atoms with E-state index in [-0.39, 0.29) is 0 Å². The number of methoxy groups -OCH3 is 1. The quantitative estimate of drug-likeness (QED) is 0.351. The van der Waals surface area contributed by atoms with E-state index in [0.29, 0.717) is 5.92 Å². The van der Waals surface area contributed by atoms with Gasteiger partial charge in [0.15, 0.2) is 0 Å². The molecule has 3 heteroatoms. The zero-order valence-corrected chi connectivity index (χ0v) is 17.9. The Balaban J connectivity index is 1.42. The van der Waals surface area contributed by atoms with Gasteiger partial charge in [-0.3, -0.25) is 0 Å². The van der Waals surface area contributed by atoms with Crippen molar-refractivity contribution in [1.29, 1.82) is 0 Å². The second kappa shape index (κ2) is 11.6. The highest BCUT2D eigenvalue weighted by Gasteiger charge is 2.13. The largest absolute Gasteiger partial charge is 0.497 e. The molecular weight excluding hydrogens is 378 g/mol. The molecule has 0 aromatic heterocycles. The average molecular weight is 408 g/mol. The monoisotopic (exact) mass is 407 g/mol. The van der Waals surface area contributed by atoms with Crippen LogP contribution in [0.5, 0.6) is 5.75 Å². The summed E-state index contributed by atoms with van der Waals surface area (Å²) in [5.74, 6) is 1.34. The predicted octanol–water partition coefficient (Wildman–Crippen LogP) is 6.83. The molecule has 2 nitrogen and oxygen atoms in total. The van der Waals surface area contributed by atoms with E-state index in [9.17, 15) is 0 Å². The van der Waals surface area contributed by atoms with Gasteiger partial charge in [0.05, 0.1) is 7.11 Å². The molecule has 1 unspecified atom stereocenters. The smallest absolute Gasteiger partial charge is 0.118 e. The fourth-order valence-corrected chi connectivity index (χ4v) is 3.78. The van der Waals surface area contributed by atoms with Gasteiger partial charge in [-0.2, -0.15) is 0 Å². The topological polar surface area (TPSA) is 21.3 Å². The van der Waals surface area contributed by atoms with Crippen molar-refractivity contribution in [2.75, 3.05) is 13.7 Å². The Bertz CT molecular complexity index is 831. The van der Waals surface area contributed by atoms with Crippen molar-refractivity contribution in [1.82, 2.24) is 5.32 Å². The summed E-state index contributed by atoms with van der Waals surface area (Å²) in [7, 11) is 1.70. The minimum Gasteiger partial charge on any atom is -0.497 e. The van der Waals surface area contributed by atoms with Crippen LogP contribution in [0.1, 0.15) is 48.3 Å². The molecule has 3 aromatic rings. The maximum atomic E-state index is 6.08. The number of rotatable bonds is 11. The first-order valence-corrected chi connectivity index (χ1v) is 10.8. The molecule has 152 valence electrons. The SMILES string of the molecule is COc1ccc(CNCCCCCC(c2ccccc2)c2ccc(Cl)cc2)cc1. The van der Waals surface area contributed by atoms with Crippen molar-refractivity contribution in [3.63, 3.8) is 0 Å². The number of halogens is 1. The van der Waals surface area contributed by atoms with E-state index >= 15 is 0 Å². The molecule has 0 aliphatic rings. The maximum absolute atomic E-state index is 6.08. The lowest BCUT2D eigenvalue weighted by atomic mass is 9.87. The van der Waals surface area contributed by atoms with Crippen molar-refractivity contribution in [2.45, 2.75) is 38.1 Å². The molecule has 1 N–H and O–H groups in total. The van der Waals surface area contributed by atoms with Gasteiger partial charge in [-0.15, -0.1) is 0 Å². The Kier molecular flexibility index (Phi) is 8.60. The molecule has 1 atom stereocenters. The van der Waals surface area contributed by atoms with Gasteiger partial charge in [-0.25, -0.2) is 0 Å². The first-order valence-electron chi connectivity index (χ1n) is 10.4. The fourth-order valence-electron chi connectivity index (χ4n) is 3.66. The fraction of sp³-hybridized carbons (Fsp3) is 0.308. The minimum absolute atomic E-state index is 0.431. The Morgan fingerprint density at radius 2 is 1.48 bits per heavy atom. The molecule has 0 amide bonds. The van der Waals surface area contributed by atoms with Crippen LogP contribution in [-0.4, -0.2) is 13.7 Å². The van der Waals surface area contributed by atoms with Gasteiger partial charge in [0.2, 0.25) is 0 Å². The Hall–Kier alpha value is -2.29. The Morgan fingerprint density at radius 1 is 0.793 bits per heavy atom. The van der Waals surface area contributed by atoms with Crippen molar-refractivity contribution in [3.05, 3.63) is 101 Å². The first-order chi connectivity index (χ1) is 14.3. The van der Waals surface area contributed by atoms with Crippen LogP contribution in [0.15, 0.2) is 78.9 Å². The zero-order valence-electron chi connectivity index (χ0n) is 17.1. The van der Waals surface area contributed by atoms with Crippen LogP contribution in [0.4, 0.5) is 0 Å². The molecule has 0 heterocycles. The van der Waals surface area contributed by atoms with Gasteiger partial charge in [0.25, 0.3) is 0 Å². The number of ether oxygens (including phenoxy) is 1. The van der Waals surface area contributed by atoms with Crippen molar-refractivity contribution < 1.29 is 4.74 Å². The van der Waals surface area contributed by atoms with Gasteiger partial charge in [-0.05, 0) is 60.3 Å². The second-order valence-corrected chi connectivity index (χ2v) is 7.83. The van der Waals surface area contributed by atoms with Gasteiger partial charge in [0.1, 0.15) is 5.75 Å². The summed E-state index contributed by atoms with van der Waals surface area (Å²) < 4.78 is 5.20. The van der Waals surface area contributed by atoms with E-state index in [0.717, 1.165) is 30.3 Å². The van der Waals surface area contributed by atoms with Crippen LogP contribution in [-0.2, 0) is 6.54 Å². The Morgan fingerprint density at radius 3 is 2.17 bits per heavy atom. The van der Waals surface area contributed by atoms with Crippen LogP contribution in [0, 0.1) is 0 Å². The van der Waals surface area contributed by atoms with Crippen LogP contribution in [0.3, 0.4) is 0 Å². The van der Waals surface area contributed by atoms with Gasteiger partial charge >= 0.3 is 0 Å². The van der Waals surface area contributed by atoms with Gasteiger partial charge < -0.3 is 10.1 Å². The molecule has 0 spiro atoms. The van der Waals surface area contributed by atoms with E-state index in [1.54, 1.807) is 7.11 Å². The third kappa shape index (κ3) is 6.92. The van der Waals surface area contributed by atoms with E-state index in [4.69, 9.17) is 16.3 Å². The molecule has 0 fully saturated rings. The molecule has 0 saturated carbocycles. The average Bonchev–Trinajstić information content (AvgIpc) is 2.77. The third-order valence-electron chi connectivity index (χ3n) is 5.31. The van der Waals surface area contributed by atoms with Crippen LogP contribution in [0.2, 0.25) is 5.02 Å². The molecule has 3 aromatic carbocycles. The summed E-state index contributed by atoms with van der Waals surface area (Å²) in [6.45, 7) is 1.95. The second-order valence-electron chi connectivity index (χ2n) is 7.39.